The normalized spacial score (nSPS) is 12.6. The first-order chi connectivity index (χ1) is 14.8. The van der Waals surface area contributed by atoms with E-state index in [0.717, 1.165) is 7.11 Å². The Morgan fingerprint density at radius 2 is 1.59 bits per heavy atom. The van der Waals surface area contributed by atoms with Crippen LogP contribution >= 0.6 is 0 Å². The van der Waals surface area contributed by atoms with Crippen molar-refractivity contribution in [2.75, 3.05) is 7.11 Å². The van der Waals surface area contributed by atoms with Crippen LogP contribution in [-0.4, -0.2) is 25.0 Å². The molecule has 32 heavy (non-hydrogen) atoms. The monoisotopic (exact) mass is 458 g/mol. The Kier molecular flexibility index (Phi) is 7.51. The third kappa shape index (κ3) is 6.73. The minimum atomic E-state index is -5.05. The maximum Gasteiger partial charge on any atom is 0.416 e. The molecule has 0 saturated heterocycles. The first-order valence-electron chi connectivity index (χ1n) is 8.98. The zero-order valence-corrected chi connectivity index (χ0v) is 16.5. The van der Waals surface area contributed by atoms with Gasteiger partial charge in [0.1, 0.15) is 6.04 Å². The highest BCUT2D eigenvalue weighted by Crippen LogP contribution is 2.36. The number of nitrogens with one attached hydrogen (secondary N) is 1. The molecule has 0 unspecified atom stereocenters. The number of rotatable bonds is 6. The Labute approximate surface area is 178 Å². The number of methoxy groups -OCH3 is 1. The molecule has 0 aromatic heterocycles. The van der Waals surface area contributed by atoms with E-state index in [0.29, 0.717) is 23.3 Å². The van der Waals surface area contributed by atoms with Gasteiger partial charge in [-0.25, -0.2) is 4.79 Å². The van der Waals surface area contributed by atoms with Gasteiger partial charge in [0.05, 0.1) is 36.3 Å². The third-order valence-corrected chi connectivity index (χ3v) is 4.33. The van der Waals surface area contributed by atoms with Gasteiger partial charge in [-0.3, -0.25) is 4.79 Å². The predicted octanol–water partition coefficient (Wildman–Crippen LogP) is 4.04. The predicted molar refractivity (Wildman–Crippen MR) is 99.0 cm³/mol. The molecule has 2 rings (SSSR count). The molecule has 170 valence electrons. The summed E-state index contributed by atoms with van der Waals surface area (Å²) in [6, 6.07) is 7.58. The number of hydrogen-bond donors (Lipinski definition) is 1. The van der Waals surface area contributed by atoms with Crippen LogP contribution in [0.15, 0.2) is 42.5 Å². The first-order valence-corrected chi connectivity index (χ1v) is 8.98. The number of amides is 1. The van der Waals surface area contributed by atoms with E-state index >= 15 is 0 Å². The number of carbonyl (C=O) groups is 2. The molecule has 1 atom stereocenters. The largest absolute Gasteiger partial charge is 0.467 e. The van der Waals surface area contributed by atoms with E-state index < -0.39 is 53.4 Å². The molecule has 0 aliphatic rings. The Balaban J connectivity index is 2.25. The molecule has 0 spiro atoms. The van der Waals surface area contributed by atoms with Gasteiger partial charge >= 0.3 is 18.3 Å². The molecule has 0 fully saturated rings. The van der Waals surface area contributed by atoms with Gasteiger partial charge in [0.15, 0.2) is 0 Å². The minimum absolute atomic E-state index is 0.0408. The summed E-state index contributed by atoms with van der Waals surface area (Å²) in [7, 11) is 1.05. The van der Waals surface area contributed by atoms with E-state index in [4.69, 9.17) is 5.26 Å². The molecule has 11 heteroatoms. The van der Waals surface area contributed by atoms with Crippen molar-refractivity contribution >= 4 is 11.9 Å². The van der Waals surface area contributed by atoms with Gasteiger partial charge in [-0.2, -0.15) is 31.6 Å². The van der Waals surface area contributed by atoms with Gasteiger partial charge in [-0.05, 0) is 41.5 Å². The molecular formula is C21H16F6N2O3. The van der Waals surface area contributed by atoms with Crippen LogP contribution in [0, 0.1) is 11.3 Å². The molecule has 2 aromatic carbocycles. The van der Waals surface area contributed by atoms with E-state index in [-0.39, 0.29) is 12.5 Å². The second kappa shape index (κ2) is 9.72. The molecule has 0 radical (unpaired) electrons. The molecule has 0 aliphatic heterocycles. The number of nitrogens with zero attached hydrogens (tertiary/aromatic N) is 1. The zero-order chi connectivity index (χ0) is 24.1. The summed E-state index contributed by atoms with van der Waals surface area (Å²) in [6.45, 7) is 0. The highest BCUT2D eigenvalue weighted by molar-refractivity contribution is 5.86. The number of hydrogen-bond acceptors (Lipinski definition) is 4. The lowest BCUT2D eigenvalue weighted by Gasteiger charge is -2.18. The van der Waals surface area contributed by atoms with Crippen molar-refractivity contribution in [3.8, 4) is 6.07 Å². The molecule has 0 heterocycles. The van der Waals surface area contributed by atoms with Crippen molar-refractivity contribution in [1.82, 2.24) is 5.32 Å². The van der Waals surface area contributed by atoms with Crippen molar-refractivity contribution in [2.24, 2.45) is 0 Å². The number of benzene rings is 2. The summed E-state index contributed by atoms with van der Waals surface area (Å²) in [6.07, 6.45) is -11.0. The van der Waals surface area contributed by atoms with Gasteiger partial charge in [0, 0.05) is 6.42 Å². The molecular weight excluding hydrogens is 442 g/mol. The average Bonchev–Trinajstić information content (AvgIpc) is 2.71. The second-order valence-electron chi connectivity index (χ2n) is 6.75. The Hall–Kier alpha value is -3.55. The van der Waals surface area contributed by atoms with E-state index in [9.17, 15) is 35.9 Å². The molecule has 0 bridgehead atoms. The van der Waals surface area contributed by atoms with Crippen molar-refractivity contribution in [2.45, 2.75) is 31.2 Å². The number of halogens is 6. The van der Waals surface area contributed by atoms with Crippen LogP contribution in [0.4, 0.5) is 26.3 Å². The lowest BCUT2D eigenvalue weighted by atomic mass is 10.0. The van der Waals surface area contributed by atoms with E-state index in [1.54, 1.807) is 12.1 Å². The van der Waals surface area contributed by atoms with Crippen molar-refractivity contribution < 1.29 is 40.7 Å². The molecule has 2 aromatic rings. The Morgan fingerprint density at radius 3 is 2.09 bits per heavy atom. The Morgan fingerprint density at radius 1 is 1.00 bits per heavy atom. The summed E-state index contributed by atoms with van der Waals surface area (Å²) < 4.78 is 82.5. The number of esters is 1. The smallest absolute Gasteiger partial charge is 0.416 e. The van der Waals surface area contributed by atoms with Gasteiger partial charge in [-0.15, -0.1) is 0 Å². The van der Waals surface area contributed by atoms with Crippen LogP contribution in [0.2, 0.25) is 0 Å². The fourth-order valence-corrected chi connectivity index (χ4v) is 2.89. The highest BCUT2D eigenvalue weighted by Gasteiger charge is 2.37. The van der Waals surface area contributed by atoms with Crippen LogP contribution in [0.1, 0.15) is 27.8 Å². The highest BCUT2D eigenvalue weighted by atomic mass is 19.4. The fourth-order valence-electron chi connectivity index (χ4n) is 2.89. The molecule has 1 N–H and O–H groups in total. The van der Waals surface area contributed by atoms with Crippen LogP contribution < -0.4 is 5.32 Å². The van der Waals surface area contributed by atoms with Gasteiger partial charge < -0.3 is 10.1 Å². The van der Waals surface area contributed by atoms with Gasteiger partial charge in [-0.1, -0.05) is 12.1 Å². The number of nitriles is 1. The summed E-state index contributed by atoms with van der Waals surface area (Å²) >= 11 is 0. The van der Waals surface area contributed by atoms with Crippen molar-refractivity contribution in [3.05, 3.63) is 70.3 Å². The van der Waals surface area contributed by atoms with Crippen LogP contribution in [0.5, 0.6) is 0 Å². The molecule has 0 aliphatic carbocycles. The van der Waals surface area contributed by atoms with E-state index in [1.807, 2.05) is 6.07 Å². The Bertz CT molecular complexity index is 1010. The molecule has 1 amide bonds. The lowest BCUT2D eigenvalue weighted by molar-refractivity contribution is -0.145. The SMILES string of the molecule is COC(=O)[C@H](Cc1cccc(C#N)c1)NC(=O)Cc1cc(C(F)(F)F)cc(C(F)(F)F)c1. The number of carbonyl (C=O) groups excluding carboxylic acids is 2. The van der Waals surface area contributed by atoms with Crippen molar-refractivity contribution in [3.63, 3.8) is 0 Å². The summed E-state index contributed by atoms with van der Waals surface area (Å²) in [5.74, 6) is -1.86. The quantitative estimate of drug-likeness (QED) is 0.524. The second-order valence-corrected chi connectivity index (χ2v) is 6.75. The van der Waals surface area contributed by atoms with Crippen LogP contribution in [-0.2, 0) is 39.5 Å². The molecule has 5 nitrogen and oxygen atoms in total. The third-order valence-electron chi connectivity index (χ3n) is 4.33. The summed E-state index contributed by atoms with van der Waals surface area (Å²) in [5.41, 5.74) is -2.85. The first kappa shape index (κ1) is 24.7. The lowest BCUT2D eigenvalue weighted by Crippen LogP contribution is -2.43. The minimum Gasteiger partial charge on any atom is -0.467 e. The van der Waals surface area contributed by atoms with Gasteiger partial charge in [0.25, 0.3) is 0 Å². The summed E-state index contributed by atoms with van der Waals surface area (Å²) in [4.78, 5) is 24.4. The standard InChI is InChI=1S/C21H16F6N2O3/c1-32-19(31)17(8-12-3-2-4-13(5-12)11-28)29-18(30)9-14-6-15(20(22,23)24)10-16(7-14)21(25,26)27/h2-7,10,17H,8-9H2,1H3,(H,29,30)/t17-/m0/s1. The van der Waals surface area contributed by atoms with E-state index in [1.165, 1.54) is 12.1 Å². The number of ether oxygens (including phenoxy) is 1. The van der Waals surface area contributed by atoms with Crippen LogP contribution in [0.25, 0.3) is 0 Å². The van der Waals surface area contributed by atoms with Crippen molar-refractivity contribution in [1.29, 1.82) is 5.26 Å². The topological polar surface area (TPSA) is 79.2 Å². The average molecular weight is 458 g/mol. The maximum atomic E-state index is 13.0. The maximum absolute atomic E-state index is 13.0. The van der Waals surface area contributed by atoms with E-state index in [2.05, 4.69) is 10.1 Å². The van der Waals surface area contributed by atoms with Gasteiger partial charge in [0.2, 0.25) is 5.91 Å². The summed E-state index contributed by atoms with van der Waals surface area (Å²) in [5, 5.41) is 11.2. The fraction of sp³-hybridized carbons (Fsp3) is 0.286. The van der Waals surface area contributed by atoms with Crippen LogP contribution in [0.3, 0.4) is 0 Å². The number of alkyl halides is 6. The molecule has 0 saturated carbocycles. The zero-order valence-electron chi connectivity index (χ0n) is 16.5.